The Morgan fingerprint density at radius 1 is 1.22 bits per heavy atom. The number of carbonyl (C=O) groups is 1. The van der Waals surface area contributed by atoms with Crippen LogP contribution in [0.25, 0.3) is 0 Å². The Bertz CT molecular complexity index is 733. The number of hydrogen-bond acceptors (Lipinski definition) is 1. The van der Waals surface area contributed by atoms with Crippen molar-refractivity contribution in [3.63, 3.8) is 0 Å². The van der Waals surface area contributed by atoms with E-state index in [1.165, 1.54) is 6.07 Å². The van der Waals surface area contributed by atoms with Gasteiger partial charge in [-0.2, -0.15) is 0 Å². The van der Waals surface area contributed by atoms with Gasteiger partial charge < -0.3 is 10.2 Å². The highest BCUT2D eigenvalue weighted by atomic mass is 19.1. The van der Waals surface area contributed by atoms with E-state index in [1.54, 1.807) is 4.90 Å². The number of nitrogens with zero attached hydrogens (tertiary/aromatic N) is 1. The maximum Gasteiger partial charge on any atom is 0.322 e. The molecular formula is C18H18F2N2O. The second-order valence-corrected chi connectivity index (χ2v) is 5.82. The summed E-state index contributed by atoms with van der Waals surface area (Å²) in [4.78, 5) is 14.2. The topological polar surface area (TPSA) is 32.3 Å². The Balaban J connectivity index is 1.78. The standard InChI is InChI=1S/C18H18F2N2O/c1-12-4-2-5-13(10-12)17-6-3-9-22(17)18(23)21-16-8-7-14(19)11-15(16)20/h2,4-5,7-8,10-11,17H,3,6,9H2,1H3,(H,21,23). The molecule has 0 bridgehead atoms. The number of amides is 2. The predicted octanol–water partition coefficient (Wildman–Crippen LogP) is 4.64. The highest BCUT2D eigenvalue weighted by Crippen LogP contribution is 2.32. The molecule has 1 aliphatic heterocycles. The molecule has 1 unspecified atom stereocenters. The van der Waals surface area contributed by atoms with Crippen LogP contribution in [-0.2, 0) is 0 Å². The zero-order chi connectivity index (χ0) is 16.4. The van der Waals surface area contributed by atoms with Gasteiger partial charge in [-0.1, -0.05) is 29.8 Å². The molecule has 3 rings (SSSR count). The minimum atomic E-state index is -0.773. The van der Waals surface area contributed by atoms with Crippen molar-refractivity contribution in [2.75, 3.05) is 11.9 Å². The summed E-state index contributed by atoms with van der Waals surface area (Å²) in [6.07, 6.45) is 1.78. The van der Waals surface area contributed by atoms with Gasteiger partial charge in [0.1, 0.15) is 11.6 Å². The van der Waals surface area contributed by atoms with Gasteiger partial charge in [-0.05, 0) is 37.5 Å². The minimum absolute atomic E-state index is 0.00806. The van der Waals surface area contributed by atoms with E-state index < -0.39 is 11.6 Å². The van der Waals surface area contributed by atoms with Crippen LogP contribution in [-0.4, -0.2) is 17.5 Å². The lowest BCUT2D eigenvalue weighted by molar-refractivity contribution is 0.207. The smallest absolute Gasteiger partial charge is 0.317 e. The van der Waals surface area contributed by atoms with Crippen molar-refractivity contribution in [3.05, 3.63) is 65.2 Å². The molecule has 1 aliphatic rings. The van der Waals surface area contributed by atoms with E-state index in [1.807, 2.05) is 25.1 Å². The van der Waals surface area contributed by atoms with Crippen molar-refractivity contribution >= 4 is 11.7 Å². The molecule has 2 amide bonds. The fourth-order valence-electron chi connectivity index (χ4n) is 3.01. The molecule has 23 heavy (non-hydrogen) atoms. The van der Waals surface area contributed by atoms with Gasteiger partial charge in [-0.15, -0.1) is 0 Å². The normalized spacial score (nSPS) is 17.3. The van der Waals surface area contributed by atoms with Crippen LogP contribution in [0.3, 0.4) is 0 Å². The molecule has 2 aromatic rings. The Morgan fingerprint density at radius 3 is 2.78 bits per heavy atom. The van der Waals surface area contributed by atoms with E-state index >= 15 is 0 Å². The molecule has 1 fully saturated rings. The van der Waals surface area contributed by atoms with Crippen molar-refractivity contribution in [2.24, 2.45) is 0 Å². The summed E-state index contributed by atoms with van der Waals surface area (Å²) >= 11 is 0. The number of benzene rings is 2. The van der Waals surface area contributed by atoms with Crippen molar-refractivity contribution < 1.29 is 13.6 Å². The molecule has 0 radical (unpaired) electrons. The molecule has 2 aromatic carbocycles. The average Bonchev–Trinajstić information content (AvgIpc) is 2.99. The monoisotopic (exact) mass is 316 g/mol. The number of aryl methyl sites for hydroxylation is 1. The van der Waals surface area contributed by atoms with Gasteiger partial charge in [0, 0.05) is 12.6 Å². The molecule has 120 valence electrons. The third-order valence-corrected chi connectivity index (χ3v) is 4.11. The lowest BCUT2D eigenvalue weighted by atomic mass is 10.0. The van der Waals surface area contributed by atoms with Crippen LogP contribution in [0.5, 0.6) is 0 Å². The molecule has 1 saturated heterocycles. The zero-order valence-electron chi connectivity index (χ0n) is 12.9. The van der Waals surface area contributed by atoms with Crippen LogP contribution in [0.4, 0.5) is 19.3 Å². The fraction of sp³-hybridized carbons (Fsp3) is 0.278. The first kappa shape index (κ1) is 15.5. The summed E-state index contributed by atoms with van der Waals surface area (Å²) in [5.41, 5.74) is 2.21. The van der Waals surface area contributed by atoms with Crippen LogP contribution >= 0.6 is 0 Å². The maximum absolute atomic E-state index is 13.7. The van der Waals surface area contributed by atoms with Crippen LogP contribution in [0.15, 0.2) is 42.5 Å². The molecule has 0 aromatic heterocycles. The van der Waals surface area contributed by atoms with Gasteiger partial charge in [-0.25, -0.2) is 13.6 Å². The van der Waals surface area contributed by atoms with E-state index in [0.717, 1.165) is 36.1 Å². The number of hydrogen-bond donors (Lipinski definition) is 1. The second-order valence-electron chi connectivity index (χ2n) is 5.82. The first-order valence-corrected chi connectivity index (χ1v) is 7.64. The summed E-state index contributed by atoms with van der Waals surface area (Å²) in [5, 5.41) is 2.54. The minimum Gasteiger partial charge on any atom is -0.317 e. The predicted molar refractivity (Wildman–Crippen MR) is 85.2 cm³/mol. The summed E-state index contributed by atoms with van der Waals surface area (Å²) in [6, 6.07) is 10.8. The molecule has 3 nitrogen and oxygen atoms in total. The number of carbonyl (C=O) groups excluding carboxylic acids is 1. The molecule has 0 aliphatic carbocycles. The molecule has 1 N–H and O–H groups in total. The highest BCUT2D eigenvalue weighted by molar-refractivity contribution is 5.90. The largest absolute Gasteiger partial charge is 0.322 e. The summed E-state index contributed by atoms with van der Waals surface area (Å²) < 4.78 is 26.6. The Kier molecular flexibility index (Phi) is 4.28. The number of halogens is 2. The van der Waals surface area contributed by atoms with Gasteiger partial charge in [0.25, 0.3) is 0 Å². The third-order valence-electron chi connectivity index (χ3n) is 4.11. The lowest BCUT2D eigenvalue weighted by Crippen LogP contribution is -2.34. The van der Waals surface area contributed by atoms with Crippen molar-refractivity contribution in [2.45, 2.75) is 25.8 Å². The first-order valence-electron chi connectivity index (χ1n) is 7.64. The molecule has 1 heterocycles. The van der Waals surface area contributed by atoms with Crippen LogP contribution < -0.4 is 5.32 Å². The molecular weight excluding hydrogens is 298 g/mol. The zero-order valence-corrected chi connectivity index (χ0v) is 12.9. The van der Waals surface area contributed by atoms with Crippen molar-refractivity contribution in [1.29, 1.82) is 0 Å². The Hall–Kier alpha value is -2.43. The summed E-state index contributed by atoms with van der Waals surface area (Å²) in [7, 11) is 0. The Labute approximate surface area is 133 Å². The van der Waals surface area contributed by atoms with E-state index in [0.29, 0.717) is 6.54 Å². The van der Waals surface area contributed by atoms with E-state index in [2.05, 4.69) is 11.4 Å². The molecule has 0 spiro atoms. The van der Waals surface area contributed by atoms with Crippen LogP contribution in [0.1, 0.15) is 30.0 Å². The number of likely N-dealkylation sites (tertiary alicyclic amines) is 1. The van der Waals surface area contributed by atoms with Gasteiger partial charge >= 0.3 is 6.03 Å². The SMILES string of the molecule is Cc1cccc(C2CCCN2C(=O)Nc2ccc(F)cc2F)c1. The lowest BCUT2D eigenvalue weighted by Gasteiger charge is -2.25. The van der Waals surface area contributed by atoms with Gasteiger partial charge in [-0.3, -0.25) is 0 Å². The van der Waals surface area contributed by atoms with Crippen molar-refractivity contribution in [3.8, 4) is 0 Å². The molecule has 5 heteroatoms. The number of rotatable bonds is 2. The third kappa shape index (κ3) is 3.33. The van der Waals surface area contributed by atoms with E-state index in [4.69, 9.17) is 0 Å². The van der Waals surface area contributed by atoms with Crippen LogP contribution in [0, 0.1) is 18.6 Å². The van der Waals surface area contributed by atoms with Gasteiger partial charge in [0.2, 0.25) is 0 Å². The number of urea groups is 1. The van der Waals surface area contributed by atoms with Crippen LogP contribution in [0.2, 0.25) is 0 Å². The van der Waals surface area contributed by atoms with Gasteiger partial charge in [0.05, 0.1) is 11.7 Å². The fourth-order valence-corrected chi connectivity index (χ4v) is 3.01. The van der Waals surface area contributed by atoms with E-state index in [-0.39, 0.29) is 17.8 Å². The maximum atomic E-state index is 13.7. The average molecular weight is 316 g/mol. The first-order chi connectivity index (χ1) is 11.0. The van der Waals surface area contributed by atoms with E-state index in [9.17, 15) is 13.6 Å². The number of anilines is 1. The van der Waals surface area contributed by atoms with Crippen molar-refractivity contribution in [1.82, 2.24) is 4.90 Å². The summed E-state index contributed by atoms with van der Waals surface area (Å²) in [6.45, 7) is 2.63. The second kappa shape index (κ2) is 6.36. The number of nitrogens with one attached hydrogen (secondary N) is 1. The summed E-state index contributed by atoms with van der Waals surface area (Å²) in [5.74, 6) is -1.44. The highest BCUT2D eigenvalue weighted by Gasteiger charge is 2.30. The van der Waals surface area contributed by atoms with Gasteiger partial charge in [0.15, 0.2) is 0 Å². The molecule has 0 saturated carbocycles. The molecule has 1 atom stereocenters. The Morgan fingerprint density at radius 2 is 2.04 bits per heavy atom. The quantitative estimate of drug-likeness (QED) is 0.860.